The summed E-state index contributed by atoms with van der Waals surface area (Å²) in [7, 11) is 1.34. The smallest absolute Gasteiger partial charge is 0.339 e. The molecule has 24 heavy (non-hydrogen) atoms. The number of nitrogens with zero attached hydrogens (tertiary/aromatic N) is 1. The zero-order valence-corrected chi connectivity index (χ0v) is 15.3. The van der Waals surface area contributed by atoms with E-state index in [9.17, 15) is 9.59 Å². The molecule has 0 unspecified atom stereocenters. The number of likely N-dealkylation sites (tertiary alicyclic amines) is 1. The maximum absolute atomic E-state index is 12.8. The minimum absolute atomic E-state index is 0.0620. The molecule has 0 spiro atoms. The first-order valence-corrected chi connectivity index (χ1v) is 8.53. The number of esters is 1. The fraction of sp³-hybridized carbons (Fsp3) is 0.667. The Morgan fingerprint density at radius 2 is 1.88 bits per heavy atom. The van der Waals surface area contributed by atoms with Gasteiger partial charge >= 0.3 is 5.97 Å². The number of ether oxygens (including phenoxy) is 2. The minimum atomic E-state index is -0.416. The number of H-pyrrole nitrogens is 1. The highest BCUT2D eigenvalue weighted by Gasteiger charge is 2.28. The molecule has 2 heterocycles. The number of hydrogen-bond acceptors (Lipinski definition) is 4. The predicted molar refractivity (Wildman–Crippen MR) is 91.3 cm³/mol. The molecule has 1 aliphatic heterocycles. The van der Waals surface area contributed by atoms with E-state index in [0.29, 0.717) is 41.5 Å². The Kier molecular flexibility index (Phi) is 6.04. The summed E-state index contributed by atoms with van der Waals surface area (Å²) in [6.45, 7) is 9.93. The number of carbonyl (C=O) groups excluding carboxylic acids is 2. The summed E-state index contributed by atoms with van der Waals surface area (Å²) in [5.74, 6) is 0.0418. The number of aromatic nitrogens is 1. The van der Waals surface area contributed by atoms with Crippen molar-refractivity contribution in [3.63, 3.8) is 0 Å². The first kappa shape index (κ1) is 18.5. The van der Waals surface area contributed by atoms with Gasteiger partial charge in [-0.2, -0.15) is 0 Å². The minimum Gasteiger partial charge on any atom is -0.465 e. The highest BCUT2D eigenvalue weighted by molar-refractivity contribution is 6.00. The van der Waals surface area contributed by atoms with Gasteiger partial charge in [0.15, 0.2) is 0 Å². The number of carbonyl (C=O) groups is 2. The van der Waals surface area contributed by atoms with Gasteiger partial charge in [0.25, 0.3) is 5.91 Å². The molecule has 1 N–H and O–H groups in total. The summed E-state index contributed by atoms with van der Waals surface area (Å²) in [5.41, 5.74) is 2.26. The van der Waals surface area contributed by atoms with E-state index in [2.05, 4.69) is 18.8 Å². The quantitative estimate of drug-likeness (QED) is 0.839. The van der Waals surface area contributed by atoms with Crippen molar-refractivity contribution in [1.82, 2.24) is 9.88 Å². The summed E-state index contributed by atoms with van der Waals surface area (Å²) in [4.78, 5) is 29.5. The van der Waals surface area contributed by atoms with E-state index < -0.39 is 5.97 Å². The van der Waals surface area contributed by atoms with Crippen LogP contribution in [-0.4, -0.2) is 54.7 Å². The lowest BCUT2D eigenvalue weighted by Crippen LogP contribution is -2.41. The van der Waals surface area contributed by atoms with Crippen LogP contribution in [0.15, 0.2) is 0 Å². The SMILES string of the molecule is COC(=O)c1c(C)[nH]c(C(=O)N2CCC(OCC(C)C)CC2)c1C. The molecule has 2 rings (SSSR count). The first-order valence-electron chi connectivity index (χ1n) is 8.53. The van der Waals surface area contributed by atoms with Gasteiger partial charge in [-0.1, -0.05) is 13.8 Å². The zero-order chi connectivity index (χ0) is 17.9. The molecule has 0 atom stereocenters. The van der Waals surface area contributed by atoms with Crippen molar-refractivity contribution in [3.05, 3.63) is 22.5 Å². The Bertz CT molecular complexity index is 598. The van der Waals surface area contributed by atoms with E-state index in [1.165, 1.54) is 7.11 Å². The van der Waals surface area contributed by atoms with Crippen LogP contribution in [0.4, 0.5) is 0 Å². The monoisotopic (exact) mass is 336 g/mol. The fourth-order valence-corrected chi connectivity index (χ4v) is 3.08. The average Bonchev–Trinajstić information content (AvgIpc) is 2.86. The standard InChI is InChI=1S/C18H28N2O4/c1-11(2)10-24-14-6-8-20(9-7-14)17(21)16-12(3)15(13(4)19-16)18(22)23-5/h11,14,19H,6-10H2,1-5H3. The molecule has 1 fully saturated rings. The third-order valence-electron chi connectivity index (χ3n) is 4.44. The van der Waals surface area contributed by atoms with Gasteiger partial charge in [-0.3, -0.25) is 4.79 Å². The third kappa shape index (κ3) is 3.98. The van der Waals surface area contributed by atoms with Crippen LogP contribution in [0.2, 0.25) is 0 Å². The van der Waals surface area contributed by atoms with E-state index in [4.69, 9.17) is 9.47 Å². The van der Waals surface area contributed by atoms with Crippen LogP contribution in [-0.2, 0) is 9.47 Å². The van der Waals surface area contributed by atoms with Crippen molar-refractivity contribution >= 4 is 11.9 Å². The number of amides is 1. The number of piperidine rings is 1. The van der Waals surface area contributed by atoms with Gasteiger partial charge in [-0.05, 0) is 38.2 Å². The van der Waals surface area contributed by atoms with E-state index in [-0.39, 0.29) is 12.0 Å². The van der Waals surface area contributed by atoms with E-state index in [0.717, 1.165) is 19.4 Å². The van der Waals surface area contributed by atoms with Crippen LogP contribution in [0, 0.1) is 19.8 Å². The third-order valence-corrected chi connectivity index (χ3v) is 4.44. The van der Waals surface area contributed by atoms with Crippen molar-refractivity contribution in [2.45, 2.75) is 46.6 Å². The lowest BCUT2D eigenvalue weighted by Gasteiger charge is -2.32. The first-order chi connectivity index (χ1) is 11.3. The van der Waals surface area contributed by atoms with Crippen molar-refractivity contribution in [2.24, 2.45) is 5.92 Å². The second-order valence-corrected chi connectivity index (χ2v) is 6.84. The molecule has 6 nitrogen and oxygen atoms in total. The summed E-state index contributed by atoms with van der Waals surface area (Å²) in [5, 5.41) is 0. The summed E-state index contributed by atoms with van der Waals surface area (Å²) >= 11 is 0. The second-order valence-electron chi connectivity index (χ2n) is 6.84. The number of aryl methyl sites for hydroxylation is 1. The molecule has 0 bridgehead atoms. The van der Waals surface area contributed by atoms with Gasteiger partial charge in [0.1, 0.15) is 5.69 Å². The molecular formula is C18H28N2O4. The molecule has 1 aliphatic rings. The molecular weight excluding hydrogens is 308 g/mol. The summed E-state index contributed by atoms with van der Waals surface area (Å²) in [6.07, 6.45) is 1.93. The lowest BCUT2D eigenvalue weighted by atomic mass is 10.1. The largest absolute Gasteiger partial charge is 0.465 e. The molecule has 1 aromatic heterocycles. The van der Waals surface area contributed by atoms with Gasteiger partial charge in [-0.25, -0.2) is 4.79 Å². The van der Waals surface area contributed by atoms with Gasteiger partial charge in [0.2, 0.25) is 0 Å². The lowest BCUT2D eigenvalue weighted by molar-refractivity contribution is -0.00243. The van der Waals surface area contributed by atoms with Crippen molar-refractivity contribution in [3.8, 4) is 0 Å². The van der Waals surface area contributed by atoms with Crippen LogP contribution >= 0.6 is 0 Å². The van der Waals surface area contributed by atoms with Crippen LogP contribution in [0.5, 0.6) is 0 Å². The maximum atomic E-state index is 12.8. The van der Waals surface area contributed by atoms with Gasteiger partial charge in [-0.15, -0.1) is 0 Å². The second kappa shape index (κ2) is 7.83. The fourth-order valence-electron chi connectivity index (χ4n) is 3.08. The highest BCUT2D eigenvalue weighted by atomic mass is 16.5. The molecule has 1 amide bonds. The molecule has 0 radical (unpaired) electrons. The van der Waals surface area contributed by atoms with Gasteiger partial charge < -0.3 is 19.4 Å². The number of nitrogens with one attached hydrogen (secondary N) is 1. The Morgan fingerprint density at radius 1 is 1.25 bits per heavy atom. The number of aromatic amines is 1. The Balaban J connectivity index is 2.02. The van der Waals surface area contributed by atoms with Gasteiger partial charge in [0, 0.05) is 25.4 Å². The van der Waals surface area contributed by atoms with Crippen LogP contribution in [0.25, 0.3) is 0 Å². The van der Waals surface area contributed by atoms with Gasteiger partial charge in [0.05, 0.1) is 18.8 Å². The molecule has 6 heteroatoms. The van der Waals surface area contributed by atoms with E-state index in [1.807, 2.05) is 4.90 Å². The Morgan fingerprint density at radius 3 is 2.42 bits per heavy atom. The van der Waals surface area contributed by atoms with Crippen LogP contribution in [0.3, 0.4) is 0 Å². The average molecular weight is 336 g/mol. The molecule has 0 saturated carbocycles. The van der Waals surface area contributed by atoms with Crippen LogP contribution in [0.1, 0.15) is 58.8 Å². The zero-order valence-electron chi connectivity index (χ0n) is 15.3. The van der Waals surface area contributed by atoms with E-state index in [1.54, 1.807) is 13.8 Å². The normalized spacial score (nSPS) is 15.8. The molecule has 1 aromatic rings. The number of rotatable bonds is 5. The highest BCUT2D eigenvalue weighted by Crippen LogP contribution is 2.22. The van der Waals surface area contributed by atoms with Crippen molar-refractivity contribution in [2.75, 3.05) is 26.8 Å². The molecule has 0 aliphatic carbocycles. The Hall–Kier alpha value is -1.82. The van der Waals surface area contributed by atoms with E-state index >= 15 is 0 Å². The van der Waals surface area contributed by atoms with Crippen molar-refractivity contribution in [1.29, 1.82) is 0 Å². The summed E-state index contributed by atoms with van der Waals surface area (Å²) < 4.78 is 10.7. The maximum Gasteiger partial charge on any atom is 0.339 e. The Labute approximate surface area is 143 Å². The topological polar surface area (TPSA) is 71.6 Å². The van der Waals surface area contributed by atoms with Crippen LogP contribution < -0.4 is 0 Å². The number of methoxy groups -OCH3 is 1. The number of hydrogen-bond donors (Lipinski definition) is 1. The van der Waals surface area contributed by atoms with Crippen molar-refractivity contribution < 1.29 is 19.1 Å². The molecule has 134 valence electrons. The summed E-state index contributed by atoms with van der Waals surface area (Å²) in [6, 6.07) is 0. The molecule has 0 aromatic carbocycles. The predicted octanol–water partition coefficient (Wildman–Crippen LogP) is 2.70. The molecule has 1 saturated heterocycles.